The SMILES string of the molecule is Cn1ccc(-c2nncn2C(C)(C)C)n1. The molecule has 2 aromatic heterocycles. The lowest BCUT2D eigenvalue weighted by Crippen LogP contribution is -2.22. The quantitative estimate of drug-likeness (QED) is 0.707. The molecule has 0 aliphatic rings. The third-order valence-electron chi connectivity index (χ3n) is 2.21. The van der Waals surface area contributed by atoms with Crippen molar-refractivity contribution in [2.45, 2.75) is 26.3 Å². The minimum absolute atomic E-state index is 0.0314. The second-order valence-corrected chi connectivity index (χ2v) is 4.57. The summed E-state index contributed by atoms with van der Waals surface area (Å²) in [5, 5.41) is 12.4. The van der Waals surface area contributed by atoms with E-state index in [4.69, 9.17) is 0 Å². The van der Waals surface area contributed by atoms with Gasteiger partial charge in [-0.15, -0.1) is 10.2 Å². The molecular weight excluding hydrogens is 190 g/mol. The number of aryl methyl sites for hydroxylation is 1. The molecule has 2 rings (SSSR count). The fourth-order valence-electron chi connectivity index (χ4n) is 1.43. The topological polar surface area (TPSA) is 48.5 Å². The van der Waals surface area contributed by atoms with Crippen LogP contribution >= 0.6 is 0 Å². The van der Waals surface area contributed by atoms with Crippen LogP contribution in [0.3, 0.4) is 0 Å². The summed E-state index contributed by atoms with van der Waals surface area (Å²) >= 11 is 0. The number of rotatable bonds is 1. The smallest absolute Gasteiger partial charge is 0.184 e. The van der Waals surface area contributed by atoms with Crippen LogP contribution in [0.15, 0.2) is 18.6 Å². The van der Waals surface area contributed by atoms with Gasteiger partial charge >= 0.3 is 0 Å². The van der Waals surface area contributed by atoms with Gasteiger partial charge in [-0.05, 0) is 26.8 Å². The Morgan fingerprint density at radius 3 is 2.53 bits per heavy atom. The molecule has 0 N–H and O–H groups in total. The summed E-state index contributed by atoms with van der Waals surface area (Å²) in [6.07, 6.45) is 3.64. The Hall–Kier alpha value is -1.65. The first-order chi connectivity index (χ1) is 6.98. The second kappa shape index (κ2) is 3.18. The summed E-state index contributed by atoms with van der Waals surface area (Å²) in [6.45, 7) is 6.34. The van der Waals surface area contributed by atoms with Crippen LogP contribution in [0.2, 0.25) is 0 Å². The molecule has 15 heavy (non-hydrogen) atoms. The molecule has 5 nitrogen and oxygen atoms in total. The molecule has 0 atom stereocenters. The van der Waals surface area contributed by atoms with Crippen molar-refractivity contribution in [1.82, 2.24) is 24.5 Å². The average Bonchev–Trinajstić information content (AvgIpc) is 2.68. The molecule has 0 bridgehead atoms. The Balaban J connectivity index is 2.50. The summed E-state index contributed by atoms with van der Waals surface area (Å²) < 4.78 is 3.78. The third kappa shape index (κ3) is 1.77. The van der Waals surface area contributed by atoms with Gasteiger partial charge in [0.15, 0.2) is 5.82 Å². The van der Waals surface area contributed by atoms with Gasteiger partial charge in [0.1, 0.15) is 12.0 Å². The molecule has 0 spiro atoms. The van der Waals surface area contributed by atoms with Crippen LogP contribution in [0.1, 0.15) is 20.8 Å². The average molecular weight is 205 g/mol. The van der Waals surface area contributed by atoms with Crippen molar-refractivity contribution in [2.24, 2.45) is 7.05 Å². The highest BCUT2D eigenvalue weighted by atomic mass is 15.3. The highest BCUT2D eigenvalue weighted by molar-refractivity contribution is 5.48. The largest absolute Gasteiger partial charge is 0.307 e. The second-order valence-electron chi connectivity index (χ2n) is 4.57. The van der Waals surface area contributed by atoms with Gasteiger partial charge in [-0.3, -0.25) is 4.68 Å². The molecular formula is C10H15N5. The maximum atomic E-state index is 4.32. The standard InChI is InChI=1S/C10H15N5/c1-10(2,3)15-7-11-12-9(15)8-5-6-14(4)13-8/h5-7H,1-4H3. The van der Waals surface area contributed by atoms with Crippen molar-refractivity contribution < 1.29 is 0 Å². The highest BCUT2D eigenvalue weighted by Gasteiger charge is 2.19. The lowest BCUT2D eigenvalue weighted by Gasteiger charge is -2.21. The predicted molar refractivity (Wildman–Crippen MR) is 57.2 cm³/mol. The molecule has 2 heterocycles. The van der Waals surface area contributed by atoms with Crippen LogP contribution in [0.4, 0.5) is 0 Å². The first kappa shape index (κ1) is 9.89. The van der Waals surface area contributed by atoms with E-state index in [0.29, 0.717) is 0 Å². The zero-order valence-electron chi connectivity index (χ0n) is 9.47. The Morgan fingerprint density at radius 2 is 2.00 bits per heavy atom. The van der Waals surface area contributed by atoms with Crippen molar-refractivity contribution in [1.29, 1.82) is 0 Å². The third-order valence-corrected chi connectivity index (χ3v) is 2.21. The Labute approximate surface area is 88.7 Å². The fourth-order valence-corrected chi connectivity index (χ4v) is 1.43. The number of hydrogen-bond acceptors (Lipinski definition) is 3. The summed E-state index contributed by atoms with van der Waals surface area (Å²) in [7, 11) is 1.89. The van der Waals surface area contributed by atoms with Gasteiger partial charge in [-0.2, -0.15) is 5.10 Å². The van der Waals surface area contributed by atoms with E-state index < -0.39 is 0 Å². The molecule has 5 heteroatoms. The lowest BCUT2D eigenvalue weighted by molar-refractivity contribution is 0.399. The van der Waals surface area contributed by atoms with Crippen molar-refractivity contribution in [2.75, 3.05) is 0 Å². The van der Waals surface area contributed by atoms with Crippen molar-refractivity contribution in [3.63, 3.8) is 0 Å². The summed E-state index contributed by atoms with van der Waals surface area (Å²) in [4.78, 5) is 0. The van der Waals surface area contributed by atoms with Gasteiger partial charge in [0.2, 0.25) is 0 Å². The summed E-state index contributed by atoms with van der Waals surface area (Å²) in [6, 6.07) is 1.94. The molecule has 0 amide bonds. The molecule has 80 valence electrons. The zero-order chi connectivity index (χ0) is 11.1. The van der Waals surface area contributed by atoms with E-state index in [1.54, 1.807) is 11.0 Å². The highest BCUT2D eigenvalue weighted by Crippen LogP contribution is 2.21. The van der Waals surface area contributed by atoms with E-state index in [1.807, 2.05) is 23.9 Å². The monoisotopic (exact) mass is 205 g/mol. The lowest BCUT2D eigenvalue weighted by atomic mass is 10.1. The molecule has 0 unspecified atom stereocenters. The van der Waals surface area contributed by atoms with E-state index in [-0.39, 0.29) is 5.54 Å². The van der Waals surface area contributed by atoms with E-state index in [1.165, 1.54) is 0 Å². The van der Waals surface area contributed by atoms with Crippen LogP contribution in [0.5, 0.6) is 0 Å². The van der Waals surface area contributed by atoms with Crippen LogP contribution in [0.25, 0.3) is 11.5 Å². The zero-order valence-corrected chi connectivity index (χ0v) is 9.47. The maximum Gasteiger partial charge on any atom is 0.184 e. The van der Waals surface area contributed by atoms with Crippen molar-refractivity contribution in [3.8, 4) is 11.5 Å². The summed E-state index contributed by atoms with van der Waals surface area (Å²) in [5.74, 6) is 0.808. The van der Waals surface area contributed by atoms with Crippen LogP contribution in [0, 0.1) is 0 Å². The van der Waals surface area contributed by atoms with Gasteiger partial charge in [-0.1, -0.05) is 0 Å². The Bertz CT molecular complexity index is 460. The van der Waals surface area contributed by atoms with Gasteiger partial charge in [0.05, 0.1) is 0 Å². The van der Waals surface area contributed by atoms with E-state index >= 15 is 0 Å². The number of aromatic nitrogens is 5. The van der Waals surface area contributed by atoms with E-state index in [9.17, 15) is 0 Å². The van der Waals surface area contributed by atoms with Gasteiger partial charge in [0.25, 0.3) is 0 Å². The van der Waals surface area contributed by atoms with Crippen molar-refractivity contribution >= 4 is 0 Å². The van der Waals surface area contributed by atoms with Gasteiger partial charge < -0.3 is 4.57 Å². The molecule has 0 saturated carbocycles. The Kier molecular flexibility index (Phi) is 2.10. The minimum atomic E-state index is -0.0314. The fraction of sp³-hybridized carbons (Fsp3) is 0.500. The molecule has 0 saturated heterocycles. The van der Waals surface area contributed by atoms with Crippen LogP contribution in [-0.4, -0.2) is 24.5 Å². The van der Waals surface area contributed by atoms with Gasteiger partial charge in [0, 0.05) is 18.8 Å². The molecule has 0 aliphatic heterocycles. The minimum Gasteiger partial charge on any atom is -0.307 e. The number of nitrogens with zero attached hydrogens (tertiary/aromatic N) is 5. The molecule has 0 aromatic carbocycles. The Morgan fingerprint density at radius 1 is 1.27 bits per heavy atom. The molecule has 2 aromatic rings. The molecule has 0 radical (unpaired) electrons. The number of hydrogen-bond donors (Lipinski definition) is 0. The first-order valence-electron chi connectivity index (χ1n) is 4.89. The van der Waals surface area contributed by atoms with Crippen molar-refractivity contribution in [3.05, 3.63) is 18.6 Å². The predicted octanol–water partition coefficient (Wildman–Crippen LogP) is 1.43. The molecule has 0 aliphatic carbocycles. The summed E-state index contributed by atoms with van der Waals surface area (Å²) in [5.41, 5.74) is 0.820. The van der Waals surface area contributed by atoms with E-state index in [0.717, 1.165) is 11.5 Å². The van der Waals surface area contributed by atoms with Crippen LogP contribution in [-0.2, 0) is 12.6 Å². The maximum absolute atomic E-state index is 4.32. The van der Waals surface area contributed by atoms with E-state index in [2.05, 4.69) is 36.1 Å². The first-order valence-corrected chi connectivity index (χ1v) is 4.89. The van der Waals surface area contributed by atoms with Gasteiger partial charge in [-0.25, -0.2) is 0 Å². The molecule has 0 fully saturated rings. The normalized spacial score (nSPS) is 12.0. The van der Waals surface area contributed by atoms with Crippen LogP contribution < -0.4 is 0 Å².